The van der Waals surface area contributed by atoms with Gasteiger partial charge in [-0.3, -0.25) is 0 Å². The van der Waals surface area contributed by atoms with Gasteiger partial charge in [0.05, 0.1) is 0 Å². The number of amides is 2. The van der Waals surface area contributed by atoms with Gasteiger partial charge in [0, 0.05) is 0 Å². The van der Waals surface area contributed by atoms with Gasteiger partial charge in [-0.05, 0) is 0 Å². The van der Waals surface area contributed by atoms with E-state index in [4.69, 9.17) is 0 Å². The van der Waals surface area contributed by atoms with Gasteiger partial charge in [0.2, 0.25) is 0 Å². The second kappa shape index (κ2) is 7.07. The molecule has 4 nitrogen and oxygen atoms in total. The van der Waals surface area contributed by atoms with Gasteiger partial charge in [0.15, 0.2) is 0 Å². The van der Waals surface area contributed by atoms with Gasteiger partial charge in [-0.25, -0.2) is 0 Å². The van der Waals surface area contributed by atoms with Crippen LogP contribution in [0.25, 0.3) is 10.9 Å². The normalized spacial score (nSPS) is 11.0. The summed E-state index contributed by atoms with van der Waals surface area (Å²) in [5.74, 6) is -0.383. The van der Waals surface area contributed by atoms with Crippen LogP contribution in [-0.4, -0.2) is 31.3 Å². The van der Waals surface area contributed by atoms with E-state index in [2.05, 4.69) is 26.2 Å². The minimum atomic E-state index is -0.767. The van der Waals surface area contributed by atoms with Crippen molar-refractivity contribution >= 4 is 57.5 Å². The maximum atomic E-state index is 12.2. The molecule has 23 heavy (non-hydrogen) atoms. The van der Waals surface area contributed by atoms with Crippen LogP contribution >= 0.6 is 15.9 Å². The number of halogens is 1. The SMILES string of the molecule is O=C(NC(=O)c1ccc2ncccc2c1)[As]c1cccc(Br)c1. The monoisotopic (exact) mass is 429 g/mol. The first kappa shape index (κ1) is 15.9. The van der Waals surface area contributed by atoms with Crippen molar-refractivity contribution in [3.05, 3.63) is 70.8 Å². The number of hydrogen-bond donors (Lipinski definition) is 1. The number of benzene rings is 2. The molecular weight excluding hydrogens is 419 g/mol. The van der Waals surface area contributed by atoms with Crippen LogP contribution in [0.4, 0.5) is 4.79 Å². The number of nitrogens with one attached hydrogen (secondary N) is 1. The number of aromatic nitrogens is 1. The van der Waals surface area contributed by atoms with Crippen LogP contribution in [0.1, 0.15) is 10.4 Å². The number of rotatable bonds is 3. The fourth-order valence-corrected chi connectivity index (χ4v) is 4.45. The quantitative estimate of drug-likeness (QED) is 0.651. The Morgan fingerprint density at radius 2 is 1.91 bits per heavy atom. The first-order chi connectivity index (χ1) is 11.1. The molecule has 0 bridgehead atoms. The first-order valence-corrected chi connectivity index (χ1v) is 9.46. The van der Waals surface area contributed by atoms with Crippen molar-refractivity contribution in [2.24, 2.45) is 0 Å². The number of carbonyl (C=O) groups excluding carboxylic acids is 2. The summed E-state index contributed by atoms with van der Waals surface area (Å²) in [7, 11) is 0. The van der Waals surface area contributed by atoms with Crippen LogP contribution in [0.2, 0.25) is 0 Å². The fourth-order valence-electron chi connectivity index (χ4n) is 2.08. The molecule has 0 atom stereocenters. The van der Waals surface area contributed by atoms with Crippen molar-refractivity contribution in [1.29, 1.82) is 0 Å². The van der Waals surface area contributed by atoms with E-state index in [0.717, 1.165) is 19.7 Å². The van der Waals surface area contributed by atoms with Crippen molar-refractivity contribution in [3.8, 4) is 0 Å². The Kier molecular flexibility index (Phi) is 4.89. The van der Waals surface area contributed by atoms with E-state index in [0.29, 0.717) is 5.56 Å². The average molecular weight is 430 g/mol. The molecule has 2 amide bonds. The zero-order valence-electron chi connectivity index (χ0n) is 11.9. The summed E-state index contributed by atoms with van der Waals surface area (Å²) in [5, 5.41) is 3.33. The van der Waals surface area contributed by atoms with Crippen molar-refractivity contribution in [2.45, 2.75) is 0 Å². The van der Waals surface area contributed by atoms with Crippen LogP contribution in [0.15, 0.2) is 65.3 Å². The van der Waals surface area contributed by atoms with Gasteiger partial charge in [-0.15, -0.1) is 0 Å². The number of hydrogen-bond acceptors (Lipinski definition) is 3. The van der Waals surface area contributed by atoms with Gasteiger partial charge >= 0.3 is 148 Å². The van der Waals surface area contributed by atoms with E-state index in [-0.39, 0.29) is 10.6 Å². The molecule has 0 unspecified atom stereocenters. The van der Waals surface area contributed by atoms with Crippen molar-refractivity contribution in [3.63, 3.8) is 0 Å². The molecule has 3 aromatic rings. The van der Waals surface area contributed by atoms with Gasteiger partial charge in [0.25, 0.3) is 0 Å². The van der Waals surface area contributed by atoms with E-state index in [9.17, 15) is 9.59 Å². The summed E-state index contributed by atoms with van der Waals surface area (Å²) in [6.07, 6.45) is 1.70. The second-order valence-electron chi connectivity index (χ2n) is 4.76. The van der Waals surface area contributed by atoms with Crippen LogP contribution < -0.4 is 9.67 Å². The molecule has 0 saturated carbocycles. The van der Waals surface area contributed by atoms with Crippen LogP contribution in [0.3, 0.4) is 0 Å². The molecule has 0 aliphatic rings. The number of carbonyl (C=O) groups is 2. The van der Waals surface area contributed by atoms with Crippen molar-refractivity contribution in [2.75, 3.05) is 0 Å². The molecule has 1 aromatic heterocycles. The van der Waals surface area contributed by atoms with E-state index >= 15 is 0 Å². The molecule has 6 heteroatoms. The number of pyridine rings is 1. The van der Waals surface area contributed by atoms with Gasteiger partial charge < -0.3 is 0 Å². The van der Waals surface area contributed by atoms with E-state index in [1.165, 1.54) is 0 Å². The molecule has 1 radical (unpaired) electrons. The molecule has 1 N–H and O–H groups in total. The van der Waals surface area contributed by atoms with E-state index < -0.39 is 15.8 Å². The predicted octanol–water partition coefficient (Wildman–Crippen LogP) is 2.88. The summed E-state index contributed by atoms with van der Waals surface area (Å²) < 4.78 is 1.62. The molecule has 0 spiro atoms. The van der Waals surface area contributed by atoms with Crippen molar-refractivity contribution < 1.29 is 9.59 Å². The summed E-state index contributed by atoms with van der Waals surface area (Å²) in [5.41, 5.74) is 1.27. The standard InChI is InChI=1S/C17H11AsBrN2O2/c19-14-5-1-4-13(10-14)18-17(23)21-16(22)12-6-7-15-11(9-12)3-2-8-20-15/h1-10H,(H,21,22,23). The first-order valence-electron chi connectivity index (χ1n) is 6.79. The zero-order chi connectivity index (χ0) is 16.2. The van der Waals surface area contributed by atoms with Gasteiger partial charge in [-0.2, -0.15) is 0 Å². The fraction of sp³-hybridized carbons (Fsp3) is 0. The molecule has 0 fully saturated rings. The average Bonchev–Trinajstić information content (AvgIpc) is 2.54. The molecule has 3 rings (SSSR count). The van der Waals surface area contributed by atoms with Gasteiger partial charge in [-0.1, -0.05) is 0 Å². The molecule has 113 valence electrons. The number of fused-ring (bicyclic) bond motifs is 1. The second-order valence-corrected chi connectivity index (χ2v) is 8.08. The predicted molar refractivity (Wildman–Crippen MR) is 94.1 cm³/mol. The molecular formula is C17H11AsBrN2O2. The number of imide groups is 1. The summed E-state index contributed by atoms with van der Waals surface area (Å²) in [6, 6.07) is 16.4. The summed E-state index contributed by atoms with van der Waals surface area (Å²) in [4.78, 5) is 28.5. The molecule has 0 aliphatic carbocycles. The van der Waals surface area contributed by atoms with E-state index in [1.54, 1.807) is 24.4 Å². The van der Waals surface area contributed by atoms with Crippen molar-refractivity contribution in [1.82, 2.24) is 10.3 Å². The topological polar surface area (TPSA) is 59.1 Å². The molecule has 1 heterocycles. The summed E-state index contributed by atoms with van der Waals surface area (Å²) >= 11 is 2.61. The van der Waals surface area contributed by atoms with Crippen LogP contribution in [0, 0.1) is 0 Å². The molecule has 0 saturated heterocycles. The molecule has 0 aliphatic heterocycles. The number of nitrogens with zero attached hydrogens (tertiary/aromatic N) is 1. The Balaban J connectivity index is 1.71. The Morgan fingerprint density at radius 3 is 2.74 bits per heavy atom. The third-order valence-corrected chi connectivity index (χ3v) is 5.40. The Morgan fingerprint density at radius 1 is 1.04 bits per heavy atom. The van der Waals surface area contributed by atoms with Crippen LogP contribution in [0.5, 0.6) is 0 Å². The third-order valence-electron chi connectivity index (χ3n) is 3.12. The Hall–Kier alpha value is -1.97. The Bertz CT molecular complexity index is 898. The zero-order valence-corrected chi connectivity index (χ0v) is 15.3. The minimum absolute atomic E-state index is 0.240. The molecule has 2 aromatic carbocycles. The third kappa shape index (κ3) is 4.06. The van der Waals surface area contributed by atoms with Crippen LogP contribution in [-0.2, 0) is 0 Å². The Labute approximate surface area is 148 Å². The van der Waals surface area contributed by atoms with E-state index in [1.807, 2.05) is 36.4 Å². The maximum absolute atomic E-state index is 12.2. The van der Waals surface area contributed by atoms with Gasteiger partial charge in [0.1, 0.15) is 0 Å². The summed E-state index contributed by atoms with van der Waals surface area (Å²) in [6.45, 7) is 0.